The predicted molar refractivity (Wildman–Crippen MR) is 75.3 cm³/mol. The zero-order valence-corrected chi connectivity index (χ0v) is 12.0. The van der Waals surface area contributed by atoms with E-state index in [4.69, 9.17) is 23.2 Å². The van der Waals surface area contributed by atoms with Gasteiger partial charge >= 0.3 is 0 Å². The van der Waals surface area contributed by atoms with E-state index in [2.05, 4.69) is 5.32 Å². The van der Waals surface area contributed by atoms with E-state index in [1.165, 1.54) is 49.1 Å². The Bertz CT molecular complexity index is 404. The fourth-order valence-electron chi connectivity index (χ4n) is 3.47. The molecule has 0 spiro atoms. The number of hydrogen-bond donors (Lipinski definition) is 1. The highest BCUT2D eigenvalue weighted by Gasteiger charge is 2.38. The van der Waals surface area contributed by atoms with E-state index < -0.39 is 0 Å². The molecule has 3 rings (SSSR count). The van der Waals surface area contributed by atoms with E-state index in [1.807, 2.05) is 6.07 Å². The van der Waals surface area contributed by atoms with Gasteiger partial charge in [-0.3, -0.25) is 0 Å². The van der Waals surface area contributed by atoms with Crippen molar-refractivity contribution in [1.29, 1.82) is 0 Å². The number of aryl methyl sites for hydroxylation is 1. The summed E-state index contributed by atoms with van der Waals surface area (Å²) in [5.41, 5.74) is 1.23. The molecule has 0 amide bonds. The Morgan fingerprint density at radius 2 is 2.24 bits per heavy atom. The van der Waals surface area contributed by atoms with Crippen molar-refractivity contribution in [3.8, 4) is 0 Å². The van der Waals surface area contributed by atoms with Gasteiger partial charge in [0.1, 0.15) is 0 Å². The van der Waals surface area contributed by atoms with Crippen molar-refractivity contribution < 1.29 is 0 Å². The number of thiophene rings is 1. The number of halogens is 2. The summed E-state index contributed by atoms with van der Waals surface area (Å²) in [7, 11) is 0. The van der Waals surface area contributed by atoms with E-state index in [-0.39, 0.29) is 0 Å². The average Bonchev–Trinajstić information content (AvgIpc) is 2.92. The first-order valence-electron chi connectivity index (χ1n) is 6.41. The van der Waals surface area contributed by atoms with Gasteiger partial charge in [-0.2, -0.15) is 0 Å². The van der Waals surface area contributed by atoms with Gasteiger partial charge in [-0.25, -0.2) is 0 Å². The van der Waals surface area contributed by atoms with Gasteiger partial charge in [-0.05, 0) is 55.7 Å². The van der Waals surface area contributed by atoms with Crippen LogP contribution in [0.3, 0.4) is 0 Å². The van der Waals surface area contributed by atoms with Crippen LogP contribution in [0.2, 0.25) is 8.67 Å². The first-order valence-corrected chi connectivity index (χ1v) is 7.98. The van der Waals surface area contributed by atoms with Crippen molar-refractivity contribution in [1.82, 2.24) is 5.32 Å². The van der Waals surface area contributed by atoms with Crippen molar-refractivity contribution in [2.75, 3.05) is 6.54 Å². The second kappa shape index (κ2) is 5.08. The summed E-state index contributed by atoms with van der Waals surface area (Å²) in [6.07, 6.45) is 6.54. The topological polar surface area (TPSA) is 12.0 Å². The smallest absolute Gasteiger partial charge is 0.0976 e. The fourth-order valence-corrected chi connectivity index (χ4v) is 5.02. The number of fused-ring (bicyclic) bond motifs is 1. The summed E-state index contributed by atoms with van der Waals surface area (Å²) in [6, 6.07) is 2.73. The van der Waals surface area contributed by atoms with Crippen molar-refractivity contribution in [3.05, 3.63) is 20.3 Å². The summed E-state index contributed by atoms with van der Waals surface area (Å²) < 4.78 is 1.68. The van der Waals surface area contributed by atoms with Gasteiger partial charge in [0.05, 0.1) is 8.67 Å². The molecule has 1 nitrogen and oxygen atoms in total. The van der Waals surface area contributed by atoms with Crippen molar-refractivity contribution in [2.24, 2.45) is 11.8 Å². The average molecular weight is 290 g/mol. The molecule has 17 heavy (non-hydrogen) atoms. The number of rotatable bonds is 3. The first-order chi connectivity index (χ1) is 8.24. The van der Waals surface area contributed by atoms with Gasteiger partial charge in [0.25, 0.3) is 0 Å². The lowest BCUT2D eigenvalue weighted by Gasteiger charge is -2.17. The third kappa shape index (κ3) is 2.51. The molecule has 0 bridgehead atoms. The molecule has 1 aliphatic carbocycles. The molecular formula is C13H17Cl2NS. The second-order valence-corrected chi connectivity index (χ2v) is 7.54. The molecule has 1 aromatic rings. The van der Waals surface area contributed by atoms with Gasteiger partial charge in [-0.15, -0.1) is 11.3 Å². The summed E-state index contributed by atoms with van der Waals surface area (Å²) in [4.78, 5) is 0. The van der Waals surface area contributed by atoms with Crippen LogP contribution in [-0.2, 0) is 6.42 Å². The SMILES string of the molecule is Clc1cc(CCC2NCC3CCCC32)c(Cl)s1. The molecule has 2 heterocycles. The van der Waals surface area contributed by atoms with Crippen LogP contribution in [0, 0.1) is 11.8 Å². The van der Waals surface area contributed by atoms with Crippen LogP contribution in [-0.4, -0.2) is 12.6 Å². The molecule has 0 aromatic carbocycles. The van der Waals surface area contributed by atoms with Gasteiger partial charge in [0.2, 0.25) is 0 Å². The maximum Gasteiger partial charge on any atom is 0.0976 e. The Morgan fingerprint density at radius 3 is 3.00 bits per heavy atom. The van der Waals surface area contributed by atoms with Gasteiger partial charge in [0, 0.05) is 6.04 Å². The monoisotopic (exact) mass is 289 g/mol. The van der Waals surface area contributed by atoms with Crippen LogP contribution in [0.5, 0.6) is 0 Å². The Balaban J connectivity index is 1.59. The fraction of sp³-hybridized carbons (Fsp3) is 0.692. The van der Waals surface area contributed by atoms with Crippen LogP contribution < -0.4 is 5.32 Å². The maximum atomic E-state index is 6.16. The molecule has 1 N–H and O–H groups in total. The lowest BCUT2D eigenvalue weighted by molar-refractivity contribution is 0.393. The maximum absolute atomic E-state index is 6.16. The van der Waals surface area contributed by atoms with Crippen LogP contribution >= 0.6 is 34.5 Å². The molecule has 1 aliphatic heterocycles. The lowest BCUT2D eigenvalue weighted by Crippen LogP contribution is -2.27. The lowest BCUT2D eigenvalue weighted by atomic mass is 9.91. The van der Waals surface area contributed by atoms with Crippen LogP contribution in [0.15, 0.2) is 6.07 Å². The van der Waals surface area contributed by atoms with E-state index in [0.29, 0.717) is 6.04 Å². The standard InChI is InChI=1S/C13H17Cl2NS/c14-12-6-8(13(15)17-12)4-5-11-10-3-1-2-9(10)7-16-11/h6,9-11,16H,1-5,7H2. The Labute approximate surface area is 117 Å². The molecule has 3 atom stereocenters. The summed E-state index contributed by atoms with van der Waals surface area (Å²) in [6.45, 7) is 1.23. The summed E-state index contributed by atoms with van der Waals surface area (Å²) >= 11 is 13.6. The third-order valence-electron chi connectivity index (χ3n) is 4.33. The highest BCUT2D eigenvalue weighted by atomic mass is 35.5. The molecular weight excluding hydrogens is 273 g/mol. The van der Waals surface area contributed by atoms with E-state index in [9.17, 15) is 0 Å². The van der Waals surface area contributed by atoms with Crippen LogP contribution in [0.25, 0.3) is 0 Å². The molecule has 3 unspecified atom stereocenters. The van der Waals surface area contributed by atoms with Crippen LogP contribution in [0.4, 0.5) is 0 Å². The molecule has 4 heteroatoms. The minimum atomic E-state index is 0.706. The Hall–Kier alpha value is 0.240. The summed E-state index contributed by atoms with van der Waals surface area (Å²) in [5.74, 6) is 1.87. The van der Waals surface area contributed by atoms with Gasteiger partial charge in [0.15, 0.2) is 0 Å². The van der Waals surface area contributed by atoms with Crippen LogP contribution in [0.1, 0.15) is 31.2 Å². The molecule has 2 aliphatic rings. The molecule has 94 valence electrons. The minimum Gasteiger partial charge on any atom is -0.313 e. The van der Waals surface area contributed by atoms with E-state index in [0.717, 1.165) is 26.9 Å². The zero-order chi connectivity index (χ0) is 11.8. The number of nitrogens with one attached hydrogen (secondary N) is 1. The summed E-state index contributed by atoms with van der Waals surface area (Å²) in [5, 5.41) is 3.68. The molecule has 1 aromatic heterocycles. The van der Waals surface area contributed by atoms with E-state index in [1.54, 1.807) is 0 Å². The molecule has 0 radical (unpaired) electrons. The predicted octanol–water partition coefficient (Wildman–Crippen LogP) is 4.38. The van der Waals surface area contributed by atoms with Crippen molar-refractivity contribution >= 4 is 34.5 Å². The quantitative estimate of drug-likeness (QED) is 0.871. The normalized spacial score (nSPS) is 32.0. The minimum absolute atomic E-state index is 0.706. The first kappa shape index (κ1) is 12.3. The highest BCUT2D eigenvalue weighted by Crippen LogP contribution is 2.39. The van der Waals surface area contributed by atoms with Gasteiger partial charge < -0.3 is 5.32 Å². The van der Waals surface area contributed by atoms with Gasteiger partial charge in [-0.1, -0.05) is 29.6 Å². The Morgan fingerprint density at radius 1 is 1.35 bits per heavy atom. The van der Waals surface area contributed by atoms with Crippen molar-refractivity contribution in [3.63, 3.8) is 0 Å². The number of hydrogen-bond acceptors (Lipinski definition) is 2. The molecule has 2 fully saturated rings. The Kier molecular flexibility index (Phi) is 3.67. The third-order valence-corrected chi connectivity index (χ3v) is 5.90. The second-order valence-electron chi connectivity index (χ2n) is 5.26. The van der Waals surface area contributed by atoms with Crippen molar-refractivity contribution in [2.45, 2.75) is 38.1 Å². The molecule has 1 saturated heterocycles. The van der Waals surface area contributed by atoms with E-state index >= 15 is 0 Å². The highest BCUT2D eigenvalue weighted by molar-refractivity contribution is 7.20. The largest absolute Gasteiger partial charge is 0.313 e. The zero-order valence-electron chi connectivity index (χ0n) is 9.72. The molecule has 1 saturated carbocycles.